The lowest BCUT2D eigenvalue weighted by Gasteiger charge is -2.46. The van der Waals surface area contributed by atoms with Crippen molar-refractivity contribution in [3.05, 3.63) is 36.0 Å². The Hall–Kier alpha value is -2.27. The van der Waals surface area contributed by atoms with Gasteiger partial charge in [0.05, 0.1) is 39.5 Å². The van der Waals surface area contributed by atoms with Crippen molar-refractivity contribution < 1.29 is 27.8 Å². The fourth-order valence-corrected chi connectivity index (χ4v) is 5.73. The molecule has 4 aliphatic heterocycles. The molecule has 2 aromatic rings. The molecule has 10 heteroatoms. The number of hydrogen-bond donors (Lipinski definition) is 0. The molecule has 4 aliphatic rings. The summed E-state index contributed by atoms with van der Waals surface area (Å²) in [6.45, 7) is 6.44. The summed E-state index contributed by atoms with van der Waals surface area (Å²) in [5.41, 5.74) is 0.856. The van der Waals surface area contributed by atoms with Gasteiger partial charge >= 0.3 is 6.01 Å². The predicted octanol–water partition coefficient (Wildman–Crippen LogP) is 2.23. The second-order valence-electron chi connectivity index (χ2n) is 9.80. The van der Waals surface area contributed by atoms with Crippen molar-refractivity contribution in [2.24, 2.45) is 0 Å². The lowest BCUT2D eigenvalue weighted by Crippen LogP contribution is -2.62. The maximum absolute atomic E-state index is 14.1. The summed E-state index contributed by atoms with van der Waals surface area (Å²) in [7, 11) is 0. The van der Waals surface area contributed by atoms with Crippen molar-refractivity contribution in [1.29, 1.82) is 0 Å². The third kappa shape index (κ3) is 4.51. The predicted molar refractivity (Wildman–Crippen MR) is 120 cm³/mol. The zero-order valence-corrected chi connectivity index (χ0v) is 19.2. The highest BCUT2D eigenvalue weighted by molar-refractivity contribution is 5.37. The van der Waals surface area contributed by atoms with E-state index in [2.05, 4.69) is 20.0 Å². The number of benzene rings is 1. The zero-order valence-electron chi connectivity index (χ0n) is 19.2. The Morgan fingerprint density at radius 1 is 1.15 bits per heavy atom. The minimum atomic E-state index is -0.219. The van der Waals surface area contributed by atoms with Crippen molar-refractivity contribution in [1.82, 2.24) is 15.1 Å². The molecule has 1 aromatic carbocycles. The molecule has 5 heterocycles. The number of aromatic nitrogens is 2. The summed E-state index contributed by atoms with van der Waals surface area (Å²) in [6, 6.07) is 5.84. The van der Waals surface area contributed by atoms with Crippen molar-refractivity contribution in [2.45, 2.75) is 42.9 Å². The van der Waals surface area contributed by atoms with Gasteiger partial charge in [-0.05, 0) is 56.5 Å². The van der Waals surface area contributed by atoms with Crippen LogP contribution < -0.4 is 9.64 Å². The van der Waals surface area contributed by atoms with Gasteiger partial charge in [-0.1, -0.05) is 5.10 Å². The SMILES string of the molecule is Fc1ccc(OC[C@H]2COCCO2)c(C2CCN([C@@H]3COC4(C3)CN(c3nnco3)C4)CC2)c1. The van der Waals surface area contributed by atoms with Gasteiger partial charge in [0, 0.05) is 11.6 Å². The summed E-state index contributed by atoms with van der Waals surface area (Å²) >= 11 is 0. The van der Waals surface area contributed by atoms with Crippen LogP contribution in [0.25, 0.3) is 0 Å². The van der Waals surface area contributed by atoms with Crippen LogP contribution in [-0.2, 0) is 14.2 Å². The summed E-state index contributed by atoms with van der Waals surface area (Å²) in [5, 5.41) is 7.74. The number of ether oxygens (including phenoxy) is 4. The molecule has 0 saturated carbocycles. The summed E-state index contributed by atoms with van der Waals surface area (Å²) < 4.78 is 42.9. The van der Waals surface area contributed by atoms with E-state index in [9.17, 15) is 4.39 Å². The summed E-state index contributed by atoms with van der Waals surface area (Å²) in [4.78, 5) is 4.60. The molecule has 1 spiro atoms. The van der Waals surface area contributed by atoms with Gasteiger partial charge in [0.25, 0.3) is 0 Å². The van der Waals surface area contributed by atoms with Crippen molar-refractivity contribution in [3.8, 4) is 5.75 Å². The van der Waals surface area contributed by atoms with Gasteiger partial charge in [-0.15, -0.1) is 5.10 Å². The van der Waals surface area contributed by atoms with E-state index in [0.717, 1.165) is 63.4 Å². The highest BCUT2D eigenvalue weighted by Gasteiger charge is 2.52. The lowest BCUT2D eigenvalue weighted by atomic mass is 9.86. The first-order valence-electron chi connectivity index (χ1n) is 12.2. The quantitative estimate of drug-likeness (QED) is 0.626. The second-order valence-corrected chi connectivity index (χ2v) is 9.80. The largest absolute Gasteiger partial charge is 0.490 e. The zero-order chi connectivity index (χ0) is 23.0. The van der Waals surface area contributed by atoms with Crippen molar-refractivity contribution in [3.63, 3.8) is 0 Å². The van der Waals surface area contributed by atoms with Gasteiger partial charge in [0.1, 0.15) is 29.9 Å². The van der Waals surface area contributed by atoms with Crippen molar-refractivity contribution in [2.75, 3.05) is 64.1 Å². The minimum absolute atomic E-state index is 0.0783. The highest BCUT2D eigenvalue weighted by Crippen LogP contribution is 2.41. The second kappa shape index (κ2) is 9.41. The number of likely N-dealkylation sites (tertiary alicyclic amines) is 1. The van der Waals surface area contributed by atoms with Crippen LogP contribution in [0.15, 0.2) is 29.0 Å². The molecular weight excluding hydrogens is 443 g/mol. The molecule has 4 saturated heterocycles. The molecule has 0 radical (unpaired) electrons. The molecule has 34 heavy (non-hydrogen) atoms. The van der Waals surface area contributed by atoms with E-state index < -0.39 is 0 Å². The van der Waals surface area contributed by atoms with Crippen LogP contribution in [0.3, 0.4) is 0 Å². The van der Waals surface area contributed by atoms with E-state index in [0.29, 0.717) is 38.5 Å². The number of rotatable bonds is 6. The Bertz CT molecular complexity index is 956. The minimum Gasteiger partial charge on any atom is -0.490 e. The van der Waals surface area contributed by atoms with Gasteiger partial charge in [-0.2, -0.15) is 0 Å². The number of halogens is 1. The van der Waals surface area contributed by atoms with Crippen LogP contribution in [0, 0.1) is 5.82 Å². The Balaban J connectivity index is 1.03. The average molecular weight is 475 g/mol. The van der Waals surface area contributed by atoms with E-state index >= 15 is 0 Å². The smallest absolute Gasteiger partial charge is 0.318 e. The average Bonchev–Trinajstić information content (AvgIpc) is 3.54. The maximum atomic E-state index is 14.1. The molecule has 6 rings (SSSR count). The molecule has 184 valence electrons. The molecular formula is C24H31FN4O5. The number of nitrogens with zero attached hydrogens (tertiary/aromatic N) is 4. The third-order valence-corrected chi connectivity index (χ3v) is 7.53. The highest BCUT2D eigenvalue weighted by atomic mass is 19.1. The van der Waals surface area contributed by atoms with Gasteiger partial charge in [-0.25, -0.2) is 4.39 Å². The van der Waals surface area contributed by atoms with E-state index in [1.165, 1.54) is 12.5 Å². The number of hydrogen-bond acceptors (Lipinski definition) is 9. The van der Waals surface area contributed by atoms with E-state index in [4.69, 9.17) is 23.4 Å². The molecule has 9 nitrogen and oxygen atoms in total. The normalized spacial score (nSPS) is 27.7. The molecule has 0 N–H and O–H groups in total. The van der Waals surface area contributed by atoms with Crippen LogP contribution >= 0.6 is 0 Å². The van der Waals surface area contributed by atoms with E-state index in [-0.39, 0.29) is 23.4 Å². The Kier molecular flexibility index (Phi) is 6.15. The summed E-state index contributed by atoms with van der Waals surface area (Å²) in [6.07, 6.45) is 4.24. The number of piperidine rings is 1. The fraction of sp³-hybridized carbons (Fsp3) is 0.667. The Labute approximate surface area is 198 Å². The standard InChI is InChI=1S/C24H31FN4O5/c25-18-1-2-22(32-13-20-12-30-7-8-31-20)21(9-18)17-3-5-28(6-4-17)19-10-24(34-11-19)14-29(15-24)23-27-26-16-33-23/h1-2,9,16-17,19-20H,3-8,10-15H2/t19-,20+/m0/s1. The van der Waals surface area contributed by atoms with Crippen LogP contribution in [-0.4, -0.2) is 92.1 Å². The van der Waals surface area contributed by atoms with Crippen LogP contribution in [0.1, 0.15) is 30.7 Å². The molecule has 4 fully saturated rings. The van der Waals surface area contributed by atoms with Crippen LogP contribution in [0.5, 0.6) is 5.75 Å². The van der Waals surface area contributed by atoms with Gasteiger partial charge in [-0.3, -0.25) is 4.90 Å². The van der Waals surface area contributed by atoms with Gasteiger partial charge < -0.3 is 28.3 Å². The number of anilines is 1. The molecule has 0 amide bonds. The van der Waals surface area contributed by atoms with E-state index in [1.54, 1.807) is 12.1 Å². The first-order chi connectivity index (χ1) is 16.7. The van der Waals surface area contributed by atoms with Crippen LogP contribution in [0.2, 0.25) is 0 Å². The summed E-state index contributed by atoms with van der Waals surface area (Å²) in [5.74, 6) is 0.815. The van der Waals surface area contributed by atoms with Gasteiger partial charge in [0.2, 0.25) is 6.39 Å². The first kappa shape index (κ1) is 22.2. The molecule has 0 bridgehead atoms. The topological polar surface area (TPSA) is 82.3 Å². The monoisotopic (exact) mass is 474 g/mol. The third-order valence-electron chi connectivity index (χ3n) is 7.53. The Morgan fingerprint density at radius 2 is 2.03 bits per heavy atom. The van der Waals surface area contributed by atoms with Crippen molar-refractivity contribution >= 4 is 6.01 Å². The van der Waals surface area contributed by atoms with E-state index in [1.807, 2.05) is 0 Å². The van der Waals surface area contributed by atoms with Crippen LogP contribution in [0.4, 0.5) is 10.4 Å². The molecule has 2 atom stereocenters. The molecule has 0 aliphatic carbocycles. The fourth-order valence-electron chi connectivity index (χ4n) is 5.73. The van der Waals surface area contributed by atoms with Gasteiger partial charge in [0.15, 0.2) is 0 Å². The lowest BCUT2D eigenvalue weighted by molar-refractivity contribution is -0.101. The Morgan fingerprint density at radius 3 is 2.79 bits per heavy atom. The molecule has 1 aromatic heterocycles. The molecule has 0 unspecified atom stereocenters. The maximum Gasteiger partial charge on any atom is 0.318 e. The first-order valence-corrected chi connectivity index (χ1v) is 12.2.